The maximum absolute atomic E-state index is 13.0. The lowest BCUT2D eigenvalue weighted by molar-refractivity contribution is -0.137. The zero-order chi connectivity index (χ0) is 20.3. The molecule has 3 rings (SSSR count). The molecule has 2 aromatic rings. The van der Waals surface area contributed by atoms with Gasteiger partial charge < -0.3 is 9.80 Å². The summed E-state index contributed by atoms with van der Waals surface area (Å²) < 4.78 is 39.8. The molecule has 0 radical (unpaired) electrons. The Bertz CT molecular complexity index is 884. The normalized spacial score (nSPS) is 16.2. The molecule has 0 atom stereocenters. The molecule has 0 bridgehead atoms. The minimum Gasteiger partial charge on any atom is -0.368 e. The van der Waals surface area contributed by atoms with E-state index in [0.29, 0.717) is 12.2 Å². The van der Waals surface area contributed by atoms with E-state index in [-0.39, 0.29) is 10.7 Å². The molecule has 1 aliphatic rings. The third-order valence-corrected chi connectivity index (χ3v) is 5.14. The van der Waals surface area contributed by atoms with Crippen LogP contribution in [-0.4, -0.2) is 47.4 Å². The third kappa shape index (κ3) is 4.50. The number of hydrogen-bond donors (Lipinski definition) is 0. The summed E-state index contributed by atoms with van der Waals surface area (Å²) in [4.78, 5) is 17.1. The molecule has 0 N–H and O–H groups in total. The van der Waals surface area contributed by atoms with Gasteiger partial charge in [-0.05, 0) is 44.1 Å². The van der Waals surface area contributed by atoms with E-state index in [1.807, 2.05) is 4.90 Å². The topological polar surface area (TPSA) is 41.4 Å². The van der Waals surface area contributed by atoms with Crippen molar-refractivity contribution in [1.82, 2.24) is 14.7 Å². The molecular weight excluding hydrogens is 393 g/mol. The van der Waals surface area contributed by atoms with Crippen LogP contribution in [-0.2, 0) is 6.18 Å². The number of rotatable bonds is 4. The van der Waals surface area contributed by atoms with Gasteiger partial charge in [0.25, 0.3) is 5.56 Å². The highest BCUT2D eigenvalue weighted by Gasteiger charge is 2.30. The predicted octanol–water partition coefficient (Wildman–Crippen LogP) is 3.83. The van der Waals surface area contributed by atoms with Crippen LogP contribution in [0.15, 0.2) is 35.3 Å². The van der Waals surface area contributed by atoms with Crippen molar-refractivity contribution in [3.05, 3.63) is 51.4 Å². The Labute approximate surface area is 166 Å². The summed E-state index contributed by atoms with van der Waals surface area (Å²) in [6.07, 6.45) is -1.03. The van der Waals surface area contributed by atoms with Crippen molar-refractivity contribution in [2.75, 3.05) is 37.6 Å². The highest BCUT2D eigenvalue weighted by Crippen LogP contribution is 2.30. The molecule has 9 heteroatoms. The molecule has 1 aromatic heterocycles. The predicted molar refractivity (Wildman–Crippen MR) is 103 cm³/mol. The van der Waals surface area contributed by atoms with Gasteiger partial charge in [0, 0.05) is 19.6 Å². The Morgan fingerprint density at radius 2 is 1.96 bits per heavy atom. The molecule has 0 amide bonds. The lowest BCUT2D eigenvalue weighted by Gasteiger charge is -2.24. The lowest BCUT2D eigenvalue weighted by atomic mass is 10.2. The maximum Gasteiger partial charge on any atom is 0.416 e. The third-order valence-electron chi connectivity index (χ3n) is 4.79. The van der Waals surface area contributed by atoms with Crippen LogP contribution in [0.4, 0.5) is 18.9 Å². The molecule has 0 unspecified atom stereocenters. The van der Waals surface area contributed by atoms with Crippen molar-refractivity contribution in [1.29, 1.82) is 0 Å². The van der Waals surface area contributed by atoms with Crippen LogP contribution in [0.3, 0.4) is 0 Å². The zero-order valence-electron chi connectivity index (χ0n) is 15.5. The first-order valence-electron chi connectivity index (χ1n) is 9.24. The molecule has 2 heterocycles. The average Bonchev–Trinajstić information content (AvgIpc) is 2.89. The van der Waals surface area contributed by atoms with Crippen LogP contribution in [0.2, 0.25) is 5.02 Å². The summed E-state index contributed by atoms with van der Waals surface area (Å²) in [5.41, 5.74) is -0.929. The van der Waals surface area contributed by atoms with Gasteiger partial charge in [-0.1, -0.05) is 24.6 Å². The van der Waals surface area contributed by atoms with Gasteiger partial charge in [-0.25, -0.2) is 0 Å². The van der Waals surface area contributed by atoms with E-state index in [0.717, 1.165) is 55.8 Å². The Hall–Kier alpha value is -2.06. The van der Waals surface area contributed by atoms with Gasteiger partial charge in [0.05, 0.1) is 23.1 Å². The van der Waals surface area contributed by atoms with Crippen molar-refractivity contribution >= 4 is 17.3 Å². The minimum absolute atomic E-state index is 0.0262. The Balaban J connectivity index is 1.89. The lowest BCUT2D eigenvalue weighted by Crippen LogP contribution is -2.33. The fourth-order valence-electron chi connectivity index (χ4n) is 3.39. The number of halogens is 4. The van der Waals surface area contributed by atoms with Gasteiger partial charge in [-0.15, -0.1) is 0 Å². The molecule has 5 nitrogen and oxygen atoms in total. The minimum atomic E-state index is -4.50. The van der Waals surface area contributed by atoms with Gasteiger partial charge >= 0.3 is 6.18 Å². The Morgan fingerprint density at radius 3 is 2.68 bits per heavy atom. The first-order chi connectivity index (χ1) is 13.3. The second-order valence-electron chi connectivity index (χ2n) is 6.79. The van der Waals surface area contributed by atoms with Gasteiger partial charge in [0.15, 0.2) is 0 Å². The van der Waals surface area contributed by atoms with Gasteiger partial charge in [0.1, 0.15) is 5.02 Å². The molecule has 1 aliphatic heterocycles. The maximum atomic E-state index is 13.0. The number of benzene rings is 1. The fraction of sp³-hybridized carbons (Fsp3) is 0.474. The van der Waals surface area contributed by atoms with E-state index < -0.39 is 17.3 Å². The van der Waals surface area contributed by atoms with Crippen molar-refractivity contribution in [2.24, 2.45) is 0 Å². The van der Waals surface area contributed by atoms with Crippen LogP contribution < -0.4 is 10.5 Å². The highest BCUT2D eigenvalue weighted by molar-refractivity contribution is 6.33. The van der Waals surface area contributed by atoms with Crippen LogP contribution in [0.5, 0.6) is 0 Å². The number of nitrogens with zero attached hydrogens (tertiary/aromatic N) is 4. The van der Waals surface area contributed by atoms with Crippen molar-refractivity contribution in [2.45, 2.75) is 25.9 Å². The summed E-state index contributed by atoms with van der Waals surface area (Å²) in [5, 5.41) is 4.06. The quantitative estimate of drug-likeness (QED) is 0.762. The molecular formula is C19H22ClF3N4O. The molecule has 28 heavy (non-hydrogen) atoms. The first-order valence-corrected chi connectivity index (χ1v) is 9.62. The molecule has 1 saturated heterocycles. The Morgan fingerprint density at radius 1 is 1.18 bits per heavy atom. The first kappa shape index (κ1) is 20.7. The fourth-order valence-corrected chi connectivity index (χ4v) is 3.64. The number of alkyl halides is 3. The molecule has 0 aliphatic carbocycles. The smallest absolute Gasteiger partial charge is 0.368 e. The second-order valence-corrected chi connectivity index (χ2v) is 7.17. The molecule has 1 aromatic carbocycles. The van der Waals surface area contributed by atoms with E-state index in [1.165, 1.54) is 18.3 Å². The van der Waals surface area contributed by atoms with Crippen molar-refractivity contribution in [3.63, 3.8) is 0 Å². The largest absolute Gasteiger partial charge is 0.416 e. The molecule has 1 fully saturated rings. The van der Waals surface area contributed by atoms with Crippen LogP contribution in [0, 0.1) is 0 Å². The van der Waals surface area contributed by atoms with Gasteiger partial charge in [0.2, 0.25) is 0 Å². The number of aromatic nitrogens is 2. The van der Waals surface area contributed by atoms with E-state index in [2.05, 4.69) is 16.9 Å². The SMILES string of the molecule is CCCN1CCCN(c2cnn(-c3cccc(C(F)(F)F)c3)c(=O)c2Cl)CC1. The summed E-state index contributed by atoms with van der Waals surface area (Å²) in [6.45, 7) is 6.47. The van der Waals surface area contributed by atoms with Gasteiger partial charge in [-0.3, -0.25) is 4.79 Å². The van der Waals surface area contributed by atoms with Crippen LogP contribution >= 0.6 is 11.6 Å². The monoisotopic (exact) mass is 414 g/mol. The number of anilines is 1. The molecule has 0 saturated carbocycles. The van der Waals surface area contributed by atoms with E-state index in [4.69, 9.17) is 11.6 Å². The summed E-state index contributed by atoms with van der Waals surface area (Å²) in [6, 6.07) is 4.47. The summed E-state index contributed by atoms with van der Waals surface area (Å²) in [5.74, 6) is 0. The molecule has 0 spiro atoms. The second kappa shape index (κ2) is 8.53. The van der Waals surface area contributed by atoms with E-state index >= 15 is 0 Å². The Kier molecular flexibility index (Phi) is 6.30. The van der Waals surface area contributed by atoms with Crippen LogP contribution in [0.25, 0.3) is 5.69 Å². The van der Waals surface area contributed by atoms with Gasteiger partial charge in [-0.2, -0.15) is 23.0 Å². The van der Waals surface area contributed by atoms with E-state index in [1.54, 1.807) is 0 Å². The standard InChI is InChI=1S/C19H22ClF3N4O/c1-2-7-25-8-4-9-26(11-10-25)16-13-24-27(18(28)17(16)20)15-6-3-5-14(12-15)19(21,22)23/h3,5-6,12-13H,2,4,7-11H2,1H3. The molecule has 152 valence electrons. The van der Waals surface area contributed by atoms with Crippen molar-refractivity contribution < 1.29 is 13.2 Å². The average molecular weight is 415 g/mol. The van der Waals surface area contributed by atoms with E-state index in [9.17, 15) is 18.0 Å². The summed E-state index contributed by atoms with van der Waals surface area (Å²) in [7, 11) is 0. The summed E-state index contributed by atoms with van der Waals surface area (Å²) >= 11 is 6.31. The number of hydrogen-bond acceptors (Lipinski definition) is 4. The zero-order valence-corrected chi connectivity index (χ0v) is 16.3. The van der Waals surface area contributed by atoms with Crippen molar-refractivity contribution in [3.8, 4) is 5.69 Å². The van der Waals surface area contributed by atoms with Crippen LogP contribution in [0.1, 0.15) is 25.3 Å². The highest BCUT2D eigenvalue weighted by atomic mass is 35.5.